The average Bonchev–Trinajstić information content (AvgIpc) is 2.03. The normalized spacial score (nSPS) is 11.8. The van der Waals surface area contributed by atoms with E-state index < -0.39 is 12.0 Å². The monoisotopic (exact) mass is 172 g/mol. The summed E-state index contributed by atoms with van der Waals surface area (Å²) in [6, 6.07) is -0.921. The van der Waals surface area contributed by atoms with Crippen molar-refractivity contribution in [3.63, 3.8) is 0 Å². The number of amides is 1. The van der Waals surface area contributed by atoms with Crippen LogP contribution in [-0.2, 0) is 9.59 Å². The number of nitrogens with two attached hydrogens (primary N) is 1. The largest absolute Gasteiger partial charge is 0.480 e. The van der Waals surface area contributed by atoms with E-state index in [-0.39, 0.29) is 18.9 Å². The Morgan fingerprint density at radius 3 is 2.67 bits per heavy atom. The van der Waals surface area contributed by atoms with Crippen molar-refractivity contribution in [2.45, 2.75) is 12.5 Å². The zero-order chi connectivity index (χ0) is 9.56. The minimum absolute atomic E-state index is 0.217. The Kier molecular flexibility index (Phi) is 4.71. The molecule has 5 nitrogen and oxygen atoms in total. The zero-order valence-corrected chi connectivity index (χ0v) is 6.62. The molecule has 0 aromatic carbocycles. The molecule has 1 atom stereocenters. The molecule has 0 aromatic heterocycles. The second-order valence-electron chi connectivity index (χ2n) is 2.23. The molecular formula is C7H12N2O3. The molecule has 0 aromatic rings. The summed E-state index contributed by atoms with van der Waals surface area (Å²) in [5.41, 5.74) is 5.17. The second-order valence-corrected chi connectivity index (χ2v) is 2.23. The highest BCUT2D eigenvalue weighted by Gasteiger charge is 2.10. The fourth-order valence-electron chi connectivity index (χ4n) is 0.547. The number of aliphatic carboxylic acids is 1. The van der Waals surface area contributed by atoms with Gasteiger partial charge in [-0.2, -0.15) is 0 Å². The van der Waals surface area contributed by atoms with E-state index in [4.69, 9.17) is 10.8 Å². The minimum atomic E-state index is -1.07. The first-order chi connectivity index (χ1) is 5.57. The second kappa shape index (κ2) is 5.31. The summed E-state index contributed by atoms with van der Waals surface area (Å²) >= 11 is 0. The van der Waals surface area contributed by atoms with Crippen LogP contribution in [0.1, 0.15) is 6.42 Å². The smallest absolute Gasteiger partial charge is 0.320 e. The van der Waals surface area contributed by atoms with Crippen molar-refractivity contribution in [1.29, 1.82) is 0 Å². The van der Waals surface area contributed by atoms with Gasteiger partial charge in [0.1, 0.15) is 6.04 Å². The first-order valence-corrected chi connectivity index (χ1v) is 3.46. The molecule has 0 saturated carbocycles. The molecule has 0 bridgehead atoms. The van der Waals surface area contributed by atoms with E-state index in [0.29, 0.717) is 0 Å². The number of hydrogen-bond acceptors (Lipinski definition) is 3. The van der Waals surface area contributed by atoms with Gasteiger partial charge < -0.3 is 16.2 Å². The van der Waals surface area contributed by atoms with Crippen molar-refractivity contribution in [2.75, 3.05) is 6.54 Å². The van der Waals surface area contributed by atoms with Gasteiger partial charge in [-0.05, 0) is 12.5 Å². The average molecular weight is 172 g/mol. The van der Waals surface area contributed by atoms with Gasteiger partial charge >= 0.3 is 5.97 Å². The van der Waals surface area contributed by atoms with Crippen molar-refractivity contribution in [3.8, 4) is 0 Å². The van der Waals surface area contributed by atoms with Gasteiger partial charge in [-0.3, -0.25) is 9.59 Å². The van der Waals surface area contributed by atoms with Crippen LogP contribution in [0.25, 0.3) is 0 Å². The summed E-state index contributed by atoms with van der Waals surface area (Å²) in [5.74, 6) is -1.39. The third kappa shape index (κ3) is 4.45. The van der Waals surface area contributed by atoms with Gasteiger partial charge in [0.2, 0.25) is 5.91 Å². The summed E-state index contributed by atoms with van der Waals surface area (Å²) in [5, 5.41) is 10.8. The number of nitrogens with one attached hydrogen (secondary N) is 1. The molecule has 0 heterocycles. The van der Waals surface area contributed by atoms with Crippen molar-refractivity contribution in [2.24, 2.45) is 5.73 Å². The highest BCUT2D eigenvalue weighted by molar-refractivity contribution is 5.86. The maximum Gasteiger partial charge on any atom is 0.320 e. The molecular weight excluding hydrogens is 160 g/mol. The lowest BCUT2D eigenvalue weighted by Crippen LogP contribution is -2.34. The van der Waals surface area contributed by atoms with Crippen molar-refractivity contribution < 1.29 is 14.7 Å². The molecule has 1 amide bonds. The van der Waals surface area contributed by atoms with E-state index >= 15 is 0 Å². The molecule has 4 N–H and O–H groups in total. The molecule has 68 valence electrons. The van der Waals surface area contributed by atoms with Gasteiger partial charge in [0, 0.05) is 6.54 Å². The maximum atomic E-state index is 10.5. The molecule has 0 saturated heterocycles. The highest BCUT2D eigenvalue weighted by atomic mass is 16.4. The van der Waals surface area contributed by atoms with Crippen LogP contribution in [0.2, 0.25) is 0 Å². The molecule has 0 rings (SSSR count). The summed E-state index contributed by atoms with van der Waals surface area (Å²) in [4.78, 5) is 20.7. The van der Waals surface area contributed by atoms with Crippen molar-refractivity contribution in [1.82, 2.24) is 5.32 Å². The van der Waals surface area contributed by atoms with Gasteiger partial charge in [0.15, 0.2) is 0 Å². The topological polar surface area (TPSA) is 92.4 Å². The maximum absolute atomic E-state index is 10.5. The molecule has 5 heteroatoms. The van der Waals surface area contributed by atoms with Gasteiger partial charge in [-0.25, -0.2) is 0 Å². The summed E-state index contributed by atoms with van der Waals surface area (Å²) in [6.07, 6.45) is 1.33. The van der Waals surface area contributed by atoms with Gasteiger partial charge in [-0.15, -0.1) is 0 Å². The quantitative estimate of drug-likeness (QED) is 0.468. The molecule has 0 aliphatic heterocycles. The van der Waals surface area contributed by atoms with Crippen LogP contribution in [0, 0.1) is 0 Å². The molecule has 0 spiro atoms. The summed E-state index contributed by atoms with van der Waals surface area (Å²) in [6.45, 7) is 3.48. The van der Waals surface area contributed by atoms with Gasteiger partial charge in [0.05, 0.1) is 0 Å². The van der Waals surface area contributed by atoms with Crippen LogP contribution in [0.5, 0.6) is 0 Å². The van der Waals surface area contributed by atoms with Crippen molar-refractivity contribution in [3.05, 3.63) is 12.7 Å². The van der Waals surface area contributed by atoms with E-state index in [9.17, 15) is 9.59 Å². The van der Waals surface area contributed by atoms with E-state index in [0.717, 1.165) is 6.08 Å². The van der Waals surface area contributed by atoms with E-state index in [1.165, 1.54) is 0 Å². The fraction of sp³-hybridized carbons (Fsp3) is 0.429. The summed E-state index contributed by atoms with van der Waals surface area (Å²) in [7, 11) is 0. The molecule has 12 heavy (non-hydrogen) atoms. The van der Waals surface area contributed by atoms with Crippen LogP contribution in [-0.4, -0.2) is 29.6 Å². The molecule has 0 aliphatic carbocycles. The van der Waals surface area contributed by atoms with Gasteiger partial charge in [0.25, 0.3) is 0 Å². The standard InChI is InChI=1S/C7H12N2O3/c1-2-6(10)9-4-3-5(8)7(11)12/h2,5H,1,3-4,8H2,(H,9,10)(H,11,12)/t5-/m0/s1. The Morgan fingerprint density at radius 1 is 1.67 bits per heavy atom. The Labute approximate surface area is 70.2 Å². The molecule has 0 aliphatic rings. The van der Waals surface area contributed by atoms with Gasteiger partial charge in [-0.1, -0.05) is 6.58 Å². The Bertz CT molecular complexity index is 191. The lowest BCUT2D eigenvalue weighted by atomic mass is 10.2. The first kappa shape index (κ1) is 10.6. The summed E-state index contributed by atoms with van der Waals surface area (Å²) < 4.78 is 0. The minimum Gasteiger partial charge on any atom is -0.480 e. The fourth-order valence-corrected chi connectivity index (χ4v) is 0.547. The molecule has 0 radical (unpaired) electrons. The number of carbonyl (C=O) groups excluding carboxylic acids is 1. The molecule has 0 unspecified atom stereocenters. The number of hydrogen-bond donors (Lipinski definition) is 3. The van der Waals surface area contributed by atoms with Crippen LogP contribution < -0.4 is 11.1 Å². The van der Waals surface area contributed by atoms with E-state index in [1.54, 1.807) is 0 Å². The lowest BCUT2D eigenvalue weighted by molar-refractivity contribution is -0.138. The first-order valence-electron chi connectivity index (χ1n) is 3.46. The third-order valence-electron chi connectivity index (χ3n) is 1.26. The highest BCUT2D eigenvalue weighted by Crippen LogP contribution is 1.85. The number of carboxylic acid groups (broad SMARTS) is 1. The Hall–Kier alpha value is -1.36. The zero-order valence-electron chi connectivity index (χ0n) is 6.62. The number of rotatable bonds is 5. The van der Waals surface area contributed by atoms with Crippen LogP contribution in [0.3, 0.4) is 0 Å². The predicted molar refractivity (Wildman–Crippen MR) is 43.4 cm³/mol. The lowest BCUT2D eigenvalue weighted by Gasteiger charge is -2.05. The van der Waals surface area contributed by atoms with Crippen LogP contribution in [0.15, 0.2) is 12.7 Å². The van der Waals surface area contributed by atoms with Crippen molar-refractivity contribution >= 4 is 11.9 Å². The predicted octanol–water partition coefficient (Wildman–Crippen LogP) is -0.909. The van der Waals surface area contributed by atoms with E-state index in [1.807, 2.05) is 0 Å². The Balaban J connectivity index is 3.49. The van der Waals surface area contributed by atoms with Crippen LogP contribution >= 0.6 is 0 Å². The Morgan fingerprint density at radius 2 is 2.25 bits per heavy atom. The molecule has 0 fully saturated rings. The van der Waals surface area contributed by atoms with Crippen LogP contribution in [0.4, 0.5) is 0 Å². The number of carboxylic acids is 1. The third-order valence-corrected chi connectivity index (χ3v) is 1.26. The van der Waals surface area contributed by atoms with E-state index in [2.05, 4.69) is 11.9 Å². The SMILES string of the molecule is C=CC(=O)NCC[C@H](N)C(=O)O. The number of carbonyl (C=O) groups is 2.